The summed E-state index contributed by atoms with van der Waals surface area (Å²) in [6.45, 7) is 15.7. The van der Waals surface area contributed by atoms with Crippen LogP contribution in [0.15, 0.2) is 44.0 Å². The molecule has 0 nitrogen and oxygen atoms in total. The van der Waals surface area contributed by atoms with Gasteiger partial charge in [-0.25, -0.2) is 0 Å². The maximum atomic E-state index is 3.88. The molecule has 0 N–H and O–H groups in total. The molecule has 0 aliphatic carbocycles. The topological polar surface area (TPSA) is 0 Å². The van der Waals surface area contributed by atoms with E-state index < -0.39 is 0 Å². The average Bonchev–Trinajstić information content (AvgIpc) is 2.31. The molecule has 0 atom stereocenters. The Morgan fingerprint density at radius 2 is 1.69 bits per heavy atom. The molecule has 0 aliphatic rings. The third kappa shape index (κ3) is 2.06. The van der Waals surface area contributed by atoms with E-state index in [1.165, 1.54) is 5.56 Å². The van der Waals surface area contributed by atoms with Gasteiger partial charge in [-0.05, 0) is 41.7 Å². The lowest BCUT2D eigenvalue weighted by atomic mass is 9.92. The second-order valence-electron chi connectivity index (χ2n) is 3.61. The zero-order chi connectivity index (χ0) is 12.1. The van der Waals surface area contributed by atoms with Gasteiger partial charge in [-0.15, -0.1) is 0 Å². The van der Waals surface area contributed by atoms with E-state index in [0.717, 1.165) is 22.3 Å². The van der Waals surface area contributed by atoms with E-state index in [-0.39, 0.29) is 0 Å². The van der Waals surface area contributed by atoms with Crippen LogP contribution in [0.3, 0.4) is 0 Å². The molecule has 0 saturated heterocycles. The Bertz CT molecular complexity index is 459. The van der Waals surface area contributed by atoms with Crippen LogP contribution >= 0.6 is 0 Å². The van der Waals surface area contributed by atoms with Crippen LogP contribution in [0.4, 0.5) is 0 Å². The Morgan fingerprint density at radius 1 is 1.06 bits per heavy atom. The molecule has 1 aromatic carbocycles. The monoisotopic (exact) mass is 210 g/mol. The predicted molar refractivity (Wildman–Crippen MR) is 75.2 cm³/mol. The van der Waals surface area contributed by atoms with Crippen LogP contribution < -0.4 is 0 Å². The second-order valence-corrected chi connectivity index (χ2v) is 3.61. The van der Waals surface area contributed by atoms with Crippen molar-refractivity contribution in [3.8, 4) is 0 Å². The van der Waals surface area contributed by atoms with E-state index in [0.29, 0.717) is 0 Å². The van der Waals surface area contributed by atoms with Crippen LogP contribution in [0.5, 0.6) is 0 Å². The van der Waals surface area contributed by atoms with Crippen molar-refractivity contribution in [2.45, 2.75) is 13.8 Å². The lowest BCUT2D eigenvalue weighted by Crippen LogP contribution is -1.93. The summed E-state index contributed by atoms with van der Waals surface area (Å²) >= 11 is 0. The highest BCUT2D eigenvalue weighted by molar-refractivity contribution is 5.83. The van der Waals surface area contributed by atoms with Gasteiger partial charge in [-0.2, -0.15) is 0 Å². The Labute approximate surface area is 98.3 Å². The fourth-order valence-corrected chi connectivity index (χ4v) is 1.87. The Morgan fingerprint density at radius 3 is 2.12 bits per heavy atom. The molecular formula is C16H18. The molecule has 0 fully saturated rings. The summed E-state index contributed by atoms with van der Waals surface area (Å²) in [4.78, 5) is 0. The van der Waals surface area contributed by atoms with Crippen molar-refractivity contribution in [2.24, 2.45) is 0 Å². The van der Waals surface area contributed by atoms with Crippen LogP contribution in [0, 0.1) is 6.92 Å². The van der Waals surface area contributed by atoms with Crippen molar-refractivity contribution in [3.63, 3.8) is 0 Å². The Hall–Kier alpha value is -1.82. The largest absolute Gasteiger partial charge is 0.0985 e. The van der Waals surface area contributed by atoms with Gasteiger partial charge in [-0.3, -0.25) is 0 Å². The molecule has 0 radical (unpaired) electrons. The van der Waals surface area contributed by atoms with E-state index in [2.05, 4.69) is 44.9 Å². The standard InChI is InChI=1S/C16H18/c1-6-13(7-2)16-11-10-12(5)14(8-3)15(16)9-4/h6-11H,1,3-4H2,2,5H3/b13-7+. The Kier molecular flexibility index (Phi) is 4.07. The van der Waals surface area contributed by atoms with Gasteiger partial charge in [0.25, 0.3) is 0 Å². The zero-order valence-corrected chi connectivity index (χ0v) is 10.1. The van der Waals surface area contributed by atoms with Gasteiger partial charge in [0.1, 0.15) is 0 Å². The molecule has 0 aromatic heterocycles. The van der Waals surface area contributed by atoms with Gasteiger partial charge < -0.3 is 0 Å². The molecule has 16 heavy (non-hydrogen) atoms. The fourth-order valence-electron chi connectivity index (χ4n) is 1.87. The number of allylic oxidation sites excluding steroid dienone is 3. The summed E-state index contributed by atoms with van der Waals surface area (Å²) < 4.78 is 0. The zero-order valence-electron chi connectivity index (χ0n) is 10.1. The first-order valence-electron chi connectivity index (χ1n) is 5.37. The van der Waals surface area contributed by atoms with Gasteiger partial charge in [0.15, 0.2) is 0 Å². The molecule has 1 aromatic rings. The summed E-state index contributed by atoms with van der Waals surface area (Å²) in [6.07, 6.45) is 7.68. The first-order valence-corrected chi connectivity index (χ1v) is 5.37. The molecule has 0 aliphatic heterocycles. The maximum absolute atomic E-state index is 3.88. The Balaban J connectivity index is 3.59. The first-order chi connectivity index (χ1) is 7.69. The van der Waals surface area contributed by atoms with E-state index in [1.54, 1.807) is 0 Å². The van der Waals surface area contributed by atoms with Crippen molar-refractivity contribution < 1.29 is 0 Å². The molecule has 0 amide bonds. The van der Waals surface area contributed by atoms with E-state index in [1.807, 2.05) is 25.2 Å². The molecule has 0 spiro atoms. The van der Waals surface area contributed by atoms with E-state index >= 15 is 0 Å². The van der Waals surface area contributed by atoms with Crippen LogP contribution in [-0.4, -0.2) is 0 Å². The summed E-state index contributed by atoms with van der Waals surface area (Å²) in [6, 6.07) is 4.21. The second kappa shape index (κ2) is 5.32. The summed E-state index contributed by atoms with van der Waals surface area (Å²) in [5.41, 5.74) is 5.77. The molecule has 0 unspecified atom stereocenters. The summed E-state index contributed by atoms with van der Waals surface area (Å²) in [5, 5.41) is 0. The average molecular weight is 210 g/mol. The van der Waals surface area contributed by atoms with Crippen molar-refractivity contribution in [2.75, 3.05) is 0 Å². The number of benzene rings is 1. The van der Waals surface area contributed by atoms with Crippen molar-refractivity contribution in [1.29, 1.82) is 0 Å². The van der Waals surface area contributed by atoms with E-state index in [4.69, 9.17) is 0 Å². The summed E-state index contributed by atoms with van der Waals surface area (Å²) in [7, 11) is 0. The predicted octanol–water partition coefficient (Wildman–Crippen LogP) is 4.87. The lowest BCUT2D eigenvalue weighted by molar-refractivity contribution is 1.41. The molecule has 82 valence electrons. The molecule has 0 heteroatoms. The minimum Gasteiger partial charge on any atom is -0.0985 e. The van der Waals surface area contributed by atoms with Crippen molar-refractivity contribution >= 4 is 17.7 Å². The number of hydrogen-bond donors (Lipinski definition) is 0. The normalized spacial score (nSPS) is 11.0. The van der Waals surface area contributed by atoms with Crippen molar-refractivity contribution in [1.82, 2.24) is 0 Å². The lowest BCUT2D eigenvalue weighted by Gasteiger charge is -2.12. The van der Waals surface area contributed by atoms with Gasteiger partial charge in [0.05, 0.1) is 0 Å². The number of aryl methyl sites for hydroxylation is 1. The van der Waals surface area contributed by atoms with Gasteiger partial charge in [-0.1, -0.05) is 56.2 Å². The van der Waals surface area contributed by atoms with Crippen LogP contribution in [0.25, 0.3) is 17.7 Å². The maximum Gasteiger partial charge on any atom is -0.0109 e. The van der Waals surface area contributed by atoms with Gasteiger partial charge in [0.2, 0.25) is 0 Å². The molecular weight excluding hydrogens is 192 g/mol. The highest BCUT2D eigenvalue weighted by atomic mass is 14.1. The molecule has 0 bridgehead atoms. The molecule has 1 rings (SSSR count). The third-order valence-electron chi connectivity index (χ3n) is 2.76. The molecule has 0 heterocycles. The van der Waals surface area contributed by atoms with E-state index in [9.17, 15) is 0 Å². The smallest absolute Gasteiger partial charge is 0.0109 e. The quantitative estimate of drug-likeness (QED) is 0.622. The minimum atomic E-state index is 1.12. The minimum absolute atomic E-state index is 1.12. The highest BCUT2D eigenvalue weighted by Gasteiger charge is 2.07. The SMILES string of the molecule is C=C/C(=C\C)c1ccc(C)c(C=C)c1C=C. The van der Waals surface area contributed by atoms with Crippen LogP contribution in [-0.2, 0) is 0 Å². The van der Waals surface area contributed by atoms with Gasteiger partial charge in [0, 0.05) is 0 Å². The van der Waals surface area contributed by atoms with Crippen LogP contribution in [0.1, 0.15) is 29.2 Å². The first kappa shape index (κ1) is 12.3. The summed E-state index contributed by atoms with van der Waals surface area (Å²) in [5.74, 6) is 0. The highest BCUT2D eigenvalue weighted by Crippen LogP contribution is 2.27. The van der Waals surface area contributed by atoms with Crippen LogP contribution in [0.2, 0.25) is 0 Å². The molecule has 0 saturated carbocycles. The third-order valence-corrected chi connectivity index (χ3v) is 2.76. The number of hydrogen-bond acceptors (Lipinski definition) is 0. The van der Waals surface area contributed by atoms with Crippen molar-refractivity contribution in [3.05, 3.63) is 66.3 Å². The fraction of sp³-hybridized carbons (Fsp3) is 0.125. The number of rotatable bonds is 4. The van der Waals surface area contributed by atoms with Gasteiger partial charge >= 0.3 is 0 Å².